The van der Waals surface area contributed by atoms with E-state index in [2.05, 4.69) is 11.4 Å². The SMILES string of the molecule is COc1ccc(CN[C@@H]2C=C[C@H](CO)C2)c(Cl)c1OC. The van der Waals surface area contributed by atoms with Gasteiger partial charge in [0.1, 0.15) is 0 Å². The topological polar surface area (TPSA) is 50.7 Å². The van der Waals surface area contributed by atoms with Crippen LogP contribution < -0.4 is 14.8 Å². The summed E-state index contributed by atoms with van der Waals surface area (Å²) in [4.78, 5) is 0. The summed E-state index contributed by atoms with van der Waals surface area (Å²) in [7, 11) is 3.16. The molecule has 0 amide bonds. The molecule has 0 saturated carbocycles. The second kappa shape index (κ2) is 6.97. The Hall–Kier alpha value is -1.23. The average molecular weight is 298 g/mol. The van der Waals surface area contributed by atoms with Gasteiger partial charge in [-0.25, -0.2) is 0 Å². The lowest BCUT2D eigenvalue weighted by molar-refractivity contribution is 0.246. The lowest BCUT2D eigenvalue weighted by atomic mass is 10.1. The minimum Gasteiger partial charge on any atom is -0.493 e. The fraction of sp³-hybridized carbons (Fsp3) is 0.467. The molecule has 0 bridgehead atoms. The Kier molecular flexibility index (Phi) is 5.29. The quantitative estimate of drug-likeness (QED) is 0.792. The number of benzene rings is 1. The molecule has 20 heavy (non-hydrogen) atoms. The number of ether oxygens (including phenoxy) is 2. The van der Waals surface area contributed by atoms with Crippen LogP contribution in [0.3, 0.4) is 0 Å². The van der Waals surface area contributed by atoms with Crippen molar-refractivity contribution in [1.82, 2.24) is 5.32 Å². The van der Waals surface area contributed by atoms with Gasteiger partial charge in [0.25, 0.3) is 0 Å². The monoisotopic (exact) mass is 297 g/mol. The highest BCUT2D eigenvalue weighted by molar-refractivity contribution is 6.33. The van der Waals surface area contributed by atoms with Crippen molar-refractivity contribution in [3.05, 3.63) is 34.9 Å². The van der Waals surface area contributed by atoms with Crippen LogP contribution in [0.25, 0.3) is 0 Å². The molecule has 1 aromatic carbocycles. The Balaban J connectivity index is 2.02. The molecular formula is C15H20ClNO3. The van der Waals surface area contributed by atoms with Gasteiger partial charge in [-0.1, -0.05) is 29.8 Å². The maximum Gasteiger partial charge on any atom is 0.179 e. The molecule has 0 radical (unpaired) electrons. The maximum absolute atomic E-state index is 9.11. The molecular weight excluding hydrogens is 278 g/mol. The van der Waals surface area contributed by atoms with Gasteiger partial charge < -0.3 is 19.9 Å². The van der Waals surface area contributed by atoms with Crippen LogP contribution in [0, 0.1) is 5.92 Å². The second-order valence-corrected chi connectivity index (χ2v) is 5.20. The van der Waals surface area contributed by atoms with Crippen molar-refractivity contribution in [3.63, 3.8) is 0 Å². The van der Waals surface area contributed by atoms with Crippen LogP contribution in [-0.2, 0) is 6.54 Å². The standard InChI is InChI=1S/C15H20ClNO3/c1-19-13-6-4-11(14(16)15(13)20-2)8-17-12-5-3-10(7-12)9-18/h3-6,10,12,17-18H,7-9H2,1-2H3/t10-,12+/m0/s1. The van der Waals surface area contributed by atoms with Gasteiger partial charge in [0.15, 0.2) is 11.5 Å². The third kappa shape index (κ3) is 3.26. The Labute approximate surface area is 124 Å². The van der Waals surface area contributed by atoms with Crippen molar-refractivity contribution < 1.29 is 14.6 Å². The van der Waals surface area contributed by atoms with E-state index in [-0.39, 0.29) is 18.6 Å². The van der Waals surface area contributed by atoms with Gasteiger partial charge in [-0.2, -0.15) is 0 Å². The molecule has 2 N–H and O–H groups in total. The number of rotatable bonds is 6. The molecule has 0 aromatic heterocycles. The normalized spacial score (nSPS) is 21.2. The van der Waals surface area contributed by atoms with E-state index in [1.807, 2.05) is 18.2 Å². The predicted molar refractivity (Wildman–Crippen MR) is 79.5 cm³/mol. The third-order valence-electron chi connectivity index (χ3n) is 3.53. The van der Waals surface area contributed by atoms with Crippen LogP contribution >= 0.6 is 11.6 Å². The molecule has 0 spiro atoms. The van der Waals surface area contributed by atoms with Gasteiger partial charge in [0.2, 0.25) is 0 Å². The van der Waals surface area contributed by atoms with E-state index in [0.717, 1.165) is 12.0 Å². The van der Waals surface area contributed by atoms with Gasteiger partial charge >= 0.3 is 0 Å². The third-order valence-corrected chi connectivity index (χ3v) is 3.94. The number of aliphatic hydroxyl groups is 1. The lowest BCUT2D eigenvalue weighted by Gasteiger charge is -2.16. The molecule has 0 unspecified atom stereocenters. The maximum atomic E-state index is 9.11. The Morgan fingerprint density at radius 1 is 1.30 bits per heavy atom. The Bertz CT molecular complexity index is 490. The summed E-state index contributed by atoms with van der Waals surface area (Å²) >= 11 is 6.33. The number of aliphatic hydroxyl groups excluding tert-OH is 1. The first kappa shape index (κ1) is 15.2. The average Bonchev–Trinajstić information content (AvgIpc) is 2.93. The van der Waals surface area contributed by atoms with E-state index in [9.17, 15) is 0 Å². The van der Waals surface area contributed by atoms with Crippen molar-refractivity contribution in [3.8, 4) is 11.5 Å². The highest BCUT2D eigenvalue weighted by Gasteiger charge is 2.19. The molecule has 5 heteroatoms. The molecule has 0 aliphatic heterocycles. The number of hydrogen-bond acceptors (Lipinski definition) is 4. The zero-order chi connectivity index (χ0) is 14.5. The molecule has 110 valence electrons. The number of halogens is 1. The zero-order valence-electron chi connectivity index (χ0n) is 11.7. The smallest absolute Gasteiger partial charge is 0.179 e. The molecule has 1 aliphatic carbocycles. The highest BCUT2D eigenvalue weighted by Crippen LogP contribution is 2.37. The van der Waals surface area contributed by atoms with Crippen molar-refractivity contribution in [1.29, 1.82) is 0 Å². The van der Waals surface area contributed by atoms with E-state index < -0.39 is 0 Å². The van der Waals surface area contributed by atoms with Crippen molar-refractivity contribution in [2.75, 3.05) is 20.8 Å². The summed E-state index contributed by atoms with van der Waals surface area (Å²) < 4.78 is 10.5. The van der Waals surface area contributed by atoms with Gasteiger partial charge in [0.05, 0.1) is 19.2 Å². The van der Waals surface area contributed by atoms with Gasteiger partial charge in [-0.3, -0.25) is 0 Å². The van der Waals surface area contributed by atoms with Crippen molar-refractivity contribution in [2.24, 2.45) is 5.92 Å². The molecule has 2 rings (SSSR count). The molecule has 0 saturated heterocycles. The van der Waals surface area contributed by atoms with Crippen LogP contribution in [-0.4, -0.2) is 32.0 Å². The summed E-state index contributed by atoms with van der Waals surface area (Å²) in [5.74, 6) is 1.44. The van der Waals surface area contributed by atoms with Crippen molar-refractivity contribution >= 4 is 11.6 Å². The molecule has 0 heterocycles. The molecule has 4 nitrogen and oxygen atoms in total. The van der Waals surface area contributed by atoms with Gasteiger partial charge in [0, 0.05) is 25.1 Å². The fourth-order valence-corrected chi connectivity index (χ4v) is 2.67. The second-order valence-electron chi connectivity index (χ2n) is 4.82. The van der Waals surface area contributed by atoms with Crippen LogP contribution in [0.5, 0.6) is 11.5 Å². The molecule has 0 fully saturated rings. The fourth-order valence-electron chi connectivity index (χ4n) is 2.37. The summed E-state index contributed by atoms with van der Waals surface area (Å²) in [6, 6.07) is 4.05. The van der Waals surface area contributed by atoms with Crippen LogP contribution in [0.15, 0.2) is 24.3 Å². The Morgan fingerprint density at radius 2 is 2.10 bits per heavy atom. The predicted octanol–water partition coefficient (Wildman–Crippen LogP) is 2.38. The Morgan fingerprint density at radius 3 is 2.70 bits per heavy atom. The molecule has 1 aliphatic rings. The van der Waals surface area contributed by atoms with E-state index in [1.54, 1.807) is 14.2 Å². The minimum absolute atomic E-state index is 0.200. The zero-order valence-corrected chi connectivity index (χ0v) is 12.5. The first-order valence-electron chi connectivity index (χ1n) is 6.61. The van der Waals surface area contributed by atoms with Crippen LogP contribution in [0.2, 0.25) is 5.02 Å². The van der Waals surface area contributed by atoms with E-state index in [1.165, 1.54) is 0 Å². The molecule has 2 atom stereocenters. The summed E-state index contributed by atoms with van der Waals surface area (Å²) in [6.07, 6.45) is 5.06. The lowest BCUT2D eigenvalue weighted by Crippen LogP contribution is -2.26. The van der Waals surface area contributed by atoms with Crippen LogP contribution in [0.4, 0.5) is 0 Å². The van der Waals surface area contributed by atoms with E-state index >= 15 is 0 Å². The largest absolute Gasteiger partial charge is 0.493 e. The minimum atomic E-state index is 0.200. The number of nitrogens with one attached hydrogen (secondary N) is 1. The van der Waals surface area contributed by atoms with Crippen LogP contribution in [0.1, 0.15) is 12.0 Å². The van der Waals surface area contributed by atoms with E-state index in [4.69, 9.17) is 26.2 Å². The molecule has 1 aromatic rings. The summed E-state index contributed by atoms with van der Waals surface area (Å²) in [5.41, 5.74) is 0.963. The summed E-state index contributed by atoms with van der Waals surface area (Å²) in [5, 5.41) is 13.1. The summed E-state index contributed by atoms with van der Waals surface area (Å²) in [6.45, 7) is 0.845. The first-order valence-corrected chi connectivity index (χ1v) is 6.99. The first-order chi connectivity index (χ1) is 9.69. The highest BCUT2D eigenvalue weighted by atomic mass is 35.5. The van der Waals surface area contributed by atoms with E-state index in [0.29, 0.717) is 23.1 Å². The number of hydrogen-bond donors (Lipinski definition) is 2. The van der Waals surface area contributed by atoms with Crippen molar-refractivity contribution in [2.45, 2.75) is 19.0 Å². The number of methoxy groups -OCH3 is 2. The van der Waals surface area contributed by atoms with Gasteiger partial charge in [-0.15, -0.1) is 0 Å². The van der Waals surface area contributed by atoms with Gasteiger partial charge in [-0.05, 0) is 18.1 Å².